The van der Waals surface area contributed by atoms with Gasteiger partial charge in [0.2, 0.25) is 10.0 Å². The molecule has 25 heavy (non-hydrogen) atoms. The summed E-state index contributed by atoms with van der Waals surface area (Å²) >= 11 is 0. The zero-order valence-electron chi connectivity index (χ0n) is 14.8. The molecular weight excluding hydrogens is 336 g/mol. The summed E-state index contributed by atoms with van der Waals surface area (Å²) in [5.41, 5.74) is 4.21. The molecule has 2 unspecified atom stereocenters. The van der Waals surface area contributed by atoms with E-state index in [0.717, 1.165) is 22.4 Å². The number of fused-ring (bicyclic) bond motifs is 1. The van der Waals surface area contributed by atoms with Gasteiger partial charge in [-0.1, -0.05) is 36.4 Å². The van der Waals surface area contributed by atoms with Gasteiger partial charge in [-0.2, -0.15) is 4.31 Å². The van der Waals surface area contributed by atoms with Crippen LogP contribution >= 0.6 is 0 Å². The Bertz CT molecular complexity index is 837. The summed E-state index contributed by atoms with van der Waals surface area (Å²) in [5.74, 6) is 0. The van der Waals surface area contributed by atoms with Gasteiger partial charge < -0.3 is 10.1 Å². The van der Waals surface area contributed by atoms with Crippen molar-refractivity contribution in [2.75, 3.05) is 25.4 Å². The lowest BCUT2D eigenvalue weighted by molar-refractivity contribution is 0.0117. The lowest BCUT2D eigenvalue weighted by Crippen LogP contribution is -2.42. The monoisotopic (exact) mass is 360 g/mol. The Hall–Kier alpha value is -1.89. The minimum Gasteiger partial charge on any atom is -0.388 e. The predicted molar refractivity (Wildman–Crippen MR) is 100 cm³/mol. The molecule has 134 valence electrons. The first-order valence-electron chi connectivity index (χ1n) is 8.34. The van der Waals surface area contributed by atoms with Gasteiger partial charge in [0.25, 0.3) is 0 Å². The van der Waals surface area contributed by atoms with Crippen LogP contribution in [-0.2, 0) is 21.2 Å². The van der Waals surface area contributed by atoms with E-state index in [1.165, 1.54) is 10.6 Å². The van der Waals surface area contributed by atoms with Gasteiger partial charge in [0.1, 0.15) is 12.8 Å². The molecule has 6 heteroatoms. The average Bonchev–Trinajstić information content (AvgIpc) is 2.57. The van der Waals surface area contributed by atoms with Crippen LogP contribution in [0, 0.1) is 0 Å². The fourth-order valence-corrected chi connectivity index (χ4v) is 4.27. The third kappa shape index (κ3) is 3.86. The summed E-state index contributed by atoms with van der Waals surface area (Å²) < 4.78 is 31.9. The van der Waals surface area contributed by atoms with E-state index in [1.54, 1.807) is 0 Å². The number of nitrogens with zero attached hydrogens (tertiary/aromatic N) is 1. The van der Waals surface area contributed by atoms with E-state index in [9.17, 15) is 8.42 Å². The van der Waals surface area contributed by atoms with E-state index in [2.05, 4.69) is 17.4 Å². The van der Waals surface area contributed by atoms with Crippen molar-refractivity contribution in [3.05, 3.63) is 65.2 Å². The first kappa shape index (κ1) is 17.9. The van der Waals surface area contributed by atoms with Gasteiger partial charge in [0, 0.05) is 18.8 Å². The Morgan fingerprint density at radius 1 is 1.16 bits per heavy atom. The van der Waals surface area contributed by atoms with Crippen molar-refractivity contribution >= 4 is 15.7 Å². The summed E-state index contributed by atoms with van der Waals surface area (Å²) in [6.07, 6.45) is 1.58. The van der Waals surface area contributed by atoms with E-state index in [0.29, 0.717) is 6.42 Å². The molecule has 1 heterocycles. The van der Waals surface area contributed by atoms with Crippen LogP contribution in [0.5, 0.6) is 0 Å². The quantitative estimate of drug-likeness (QED) is 0.914. The molecule has 1 N–H and O–H groups in total. The van der Waals surface area contributed by atoms with Crippen LogP contribution in [0.2, 0.25) is 0 Å². The Kier molecular flexibility index (Phi) is 5.13. The van der Waals surface area contributed by atoms with Gasteiger partial charge in [0.05, 0.1) is 6.26 Å². The van der Waals surface area contributed by atoms with E-state index < -0.39 is 10.0 Å². The Balaban J connectivity index is 2.10. The van der Waals surface area contributed by atoms with Crippen molar-refractivity contribution in [2.24, 2.45) is 0 Å². The maximum absolute atomic E-state index is 12.2. The lowest BCUT2D eigenvalue weighted by Gasteiger charge is -2.33. The van der Waals surface area contributed by atoms with Crippen molar-refractivity contribution < 1.29 is 13.2 Å². The average molecular weight is 360 g/mol. The number of benzene rings is 2. The molecule has 0 amide bonds. The van der Waals surface area contributed by atoms with Crippen LogP contribution in [-0.4, -0.2) is 38.8 Å². The van der Waals surface area contributed by atoms with Crippen molar-refractivity contribution in [1.82, 2.24) is 4.31 Å². The summed E-state index contributed by atoms with van der Waals surface area (Å²) in [4.78, 5) is 0. The summed E-state index contributed by atoms with van der Waals surface area (Å²) in [6, 6.07) is 15.9. The van der Waals surface area contributed by atoms with E-state index in [1.807, 2.05) is 50.4 Å². The fraction of sp³-hybridized carbons (Fsp3) is 0.368. The molecule has 1 aliphatic heterocycles. The number of rotatable bonds is 3. The van der Waals surface area contributed by atoms with Gasteiger partial charge >= 0.3 is 0 Å². The van der Waals surface area contributed by atoms with Crippen LogP contribution < -0.4 is 5.32 Å². The molecule has 0 aromatic heterocycles. The molecular formula is C19H24N2O3S. The number of nitrogens with one attached hydrogen (secondary N) is 1. The molecule has 0 saturated heterocycles. The molecule has 2 aromatic rings. The highest BCUT2D eigenvalue weighted by molar-refractivity contribution is 7.88. The van der Waals surface area contributed by atoms with Crippen LogP contribution in [0.3, 0.4) is 0 Å². The standard InChI is InChI=1S/C19H24N2O3S/c1-14-11-16-9-10-17(20-2)12-18(16)19(15-7-5-4-6-8-15)24-13-21(14)25(3,22)23/h4-10,12,14,19-20H,11,13H2,1-3H3. The predicted octanol–water partition coefficient (Wildman–Crippen LogP) is 3.00. The largest absolute Gasteiger partial charge is 0.388 e. The van der Waals surface area contributed by atoms with Gasteiger partial charge in [-0.25, -0.2) is 8.42 Å². The van der Waals surface area contributed by atoms with Crippen LogP contribution in [0.15, 0.2) is 48.5 Å². The first-order chi connectivity index (χ1) is 11.9. The number of ether oxygens (including phenoxy) is 1. The topological polar surface area (TPSA) is 58.6 Å². The second-order valence-corrected chi connectivity index (χ2v) is 8.39. The molecule has 3 rings (SSSR count). The fourth-order valence-electron chi connectivity index (χ4n) is 3.29. The van der Waals surface area contributed by atoms with Crippen LogP contribution in [0.25, 0.3) is 0 Å². The second-order valence-electron chi connectivity index (χ2n) is 6.45. The maximum Gasteiger partial charge on any atom is 0.213 e. The minimum atomic E-state index is -3.34. The van der Waals surface area contributed by atoms with Crippen molar-refractivity contribution in [2.45, 2.75) is 25.5 Å². The normalized spacial score (nSPS) is 21.9. The first-order valence-corrected chi connectivity index (χ1v) is 10.2. The molecule has 0 radical (unpaired) electrons. The zero-order chi connectivity index (χ0) is 18.0. The minimum absolute atomic E-state index is 0.0444. The Morgan fingerprint density at radius 3 is 2.52 bits per heavy atom. The molecule has 0 fully saturated rings. The second kappa shape index (κ2) is 7.15. The van der Waals surface area contributed by atoms with Crippen molar-refractivity contribution in [1.29, 1.82) is 0 Å². The highest BCUT2D eigenvalue weighted by Gasteiger charge is 2.30. The number of hydrogen-bond donors (Lipinski definition) is 1. The molecule has 0 saturated carbocycles. The van der Waals surface area contributed by atoms with Gasteiger partial charge in [-0.3, -0.25) is 0 Å². The summed E-state index contributed by atoms with van der Waals surface area (Å²) in [6.45, 7) is 1.96. The number of sulfonamides is 1. The van der Waals surface area contributed by atoms with Gasteiger partial charge in [0.15, 0.2) is 0 Å². The maximum atomic E-state index is 12.2. The Morgan fingerprint density at radius 2 is 1.88 bits per heavy atom. The molecule has 0 bridgehead atoms. The van der Waals surface area contributed by atoms with Crippen molar-refractivity contribution in [3.8, 4) is 0 Å². The molecule has 5 nitrogen and oxygen atoms in total. The molecule has 2 aromatic carbocycles. The third-order valence-electron chi connectivity index (χ3n) is 4.62. The number of anilines is 1. The van der Waals surface area contributed by atoms with E-state index in [4.69, 9.17) is 4.74 Å². The number of hydrogen-bond acceptors (Lipinski definition) is 4. The van der Waals surface area contributed by atoms with Gasteiger partial charge in [-0.05, 0) is 42.2 Å². The highest BCUT2D eigenvalue weighted by atomic mass is 32.2. The smallest absolute Gasteiger partial charge is 0.213 e. The van der Waals surface area contributed by atoms with Gasteiger partial charge in [-0.15, -0.1) is 0 Å². The summed E-state index contributed by atoms with van der Waals surface area (Å²) in [5, 5.41) is 3.17. The highest BCUT2D eigenvalue weighted by Crippen LogP contribution is 2.34. The Labute approximate surface area is 149 Å². The van der Waals surface area contributed by atoms with Crippen molar-refractivity contribution in [3.63, 3.8) is 0 Å². The molecule has 0 aliphatic carbocycles. The van der Waals surface area contributed by atoms with Crippen LogP contribution in [0.1, 0.15) is 29.7 Å². The SMILES string of the molecule is CNc1ccc2c(c1)C(c1ccccc1)OCN(S(C)(=O)=O)C(C)C2. The van der Waals surface area contributed by atoms with E-state index >= 15 is 0 Å². The zero-order valence-corrected chi connectivity index (χ0v) is 15.6. The molecule has 2 atom stereocenters. The molecule has 1 aliphatic rings. The third-order valence-corrected chi connectivity index (χ3v) is 5.94. The summed E-state index contributed by atoms with van der Waals surface area (Å²) in [7, 11) is -1.45. The lowest BCUT2D eigenvalue weighted by atomic mass is 9.92. The van der Waals surface area contributed by atoms with E-state index in [-0.39, 0.29) is 18.9 Å². The van der Waals surface area contributed by atoms with Crippen LogP contribution in [0.4, 0.5) is 5.69 Å². The molecule has 0 spiro atoms.